The minimum Gasteiger partial charge on any atom is -0.544 e. The van der Waals surface area contributed by atoms with Crippen LogP contribution >= 0.6 is 0 Å². The van der Waals surface area contributed by atoms with Crippen LogP contribution in [0.5, 0.6) is 0 Å². The van der Waals surface area contributed by atoms with E-state index in [0.29, 0.717) is 0 Å². The Hall–Kier alpha value is 0.158. The molecule has 4 heteroatoms. The Bertz CT molecular complexity index is 46.8. The van der Waals surface area contributed by atoms with Crippen molar-refractivity contribution >= 4 is 14.0 Å². The van der Waals surface area contributed by atoms with E-state index < -0.39 is 5.97 Å². The quantitative estimate of drug-likeness (QED) is 0.424. The molecule has 0 amide bonds. The van der Waals surface area contributed by atoms with E-state index in [1.165, 1.54) is 6.92 Å². The summed E-state index contributed by atoms with van der Waals surface area (Å²) in [6.45, 7) is 1.24. The zero-order valence-corrected chi connectivity index (χ0v) is 6.57. The fourth-order valence-corrected chi connectivity index (χ4v) is 0. The van der Waals surface area contributed by atoms with Crippen LogP contribution in [0.15, 0.2) is 0 Å². The fourth-order valence-electron chi connectivity index (χ4n) is 0. The Morgan fingerprint density at radius 1 is 1.83 bits per heavy atom. The van der Waals surface area contributed by atoms with Gasteiger partial charge in [-0.05, 0) is 0 Å². The fraction of sp³-hybridized carbons (Fsp3) is 0.500. The molecule has 0 spiro atoms. The van der Waals surface area contributed by atoms with Gasteiger partial charge in [0.15, 0.2) is 0 Å². The average Bonchev–Trinajstić information content (AvgIpc) is 1.38. The van der Waals surface area contributed by atoms with Gasteiger partial charge in [-0.15, -0.1) is 0 Å². The molecule has 6 heavy (non-hydrogen) atoms. The van der Waals surface area contributed by atoms with Gasteiger partial charge < -0.3 is 4.65 Å². The predicted molar refractivity (Wildman–Crippen MR) is 17.5 cm³/mol. The molecule has 0 aliphatic carbocycles. The van der Waals surface area contributed by atoms with Crippen LogP contribution in [0.3, 0.4) is 0 Å². The van der Waals surface area contributed by atoms with Gasteiger partial charge in [-0.25, -0.2) is 0 Å². The van der Waals surface area contributed by atoms with Crippen molar-refractivity contribution in [2.45, 2.75) is 6.92 Å². The molecule has 2 nitrogen and oxygen atoms in total. The van der Waals surface area contributed by atoms with E-state index in [2.05, 4.69) is 12.7 Å². The summed E-state index contributed by atoms with van der Waals surface area (Å²) < 4.78 is 3.61. The van der Waals surface area contributed by atoms with Gasteiger partial charge >= 0.3 is 8.05 Å². The number of hydrogen-bond acceptors (Lipinski definition) is 2. The van der Waals surface area contributed by atoms with Crippen LogP contribution in [0.2, 0.25) is 0 Å². The van der Waals surface area contributed by atoms with Gasteiger partial charge in [-0.2, -0.15) is 0 Å². The summed E-state index contributed by atoms with van der Waals surface area (Å²) in [7, 11) is 4.32. The molecule has 0 saturated carbocycles. The Kier molecular flexibility index (Phi) is 8.15. The minimum absolute atomic E-state index is 0. The van der Waals surface area contributed by atoms with Crippen LogP contribution in [0.1, 0.15) is 6.92 Å². The predicted octanol–water partition coefficient (Wildman–Crippen LogP) is -0.369. The molecule has 0 rings (SSSR count). The topological polar surface area (TPSA) is 26.3 Å². The summed E-state index contributed by atoms with van der Waals surface area (Å²) in [5.41, 5.74) is 0. The van der Waals surface area contributed by atoms with Gasteiger partial charge in [0, 0.05) is 26.4 Å². The molecule has 0 aromatic heterocycles. The maximum absolute atomic E-state index is 9.47. The third kappa shape index (κ3) is 8.90. The summed E-state index contributed by atoms with van der Waals surface area (Å²) in [6, 6.07) is 0. The van der Waals surface area contributed by atoms with E-state index in [9.17, 15) is 4.79 Å². The summed E-state index contributed by atoms with van der Waals surface area (Å²) >= 11 is 0. The summed E-state index contributed by atoms with van der Waals surface area (Å²) in [4.78, 5) is 9.47. The SMILES string of the molecule is [B]OC(C)=O.[Zn]. The molecule has 2 radical (unpaired) electrons. The molecule has 0 aromatic rings. The Morgan fingerprint density at radius 2 is 2.00 bits per heavy atom. The zero-order chi connectivity index (χ0) is 4.28. The molecule has 28 valence electrons. The van der Waals surface area contributed by atoms with Crippen molar-refractivity contribution in [2.75, 3.05) is 0 Å². The van der Waals surface area contributed by atoms with Crippen molar-refractivity contribution in [3.8, 4) is 0 Å². The Morgan fingerprint density at radius 3 is 2.00 bits per heavy atom. The maximum atomic E-state index is 9.47. The molecule has 0 aromatic carbocycles. The van der Waals surface area contributed by atoms with E-state index in [4.69, 9.17) is 0 Å². The first-order valence-corrected chi connectivity index (χ1v) is 1.14. The second-order valence-electron chi connectivity index (χ2n) is 0.609. The molecular weight excluding hydrogens is 132 g/mol. The summed E-state index contributed by atoms with van der Waals surface area (Å²) in [5.74, 6) is -0.468. The molecule has 0 saturated heterocycles. The molecular formula is C2H3BO2Zn. The van der Waals surface area contributed by atoms with Crippen molar-refractivity contribution in [1.82, 2.24) is 0 Å². The number of hydrogen-bond donors (Lipinski definition) is 0. The van der Waals surface area contributed by atoms with E-state index in [0.717, 1.165) is 0 Å². The smallest absolute Gasteiger partial charge is 0.378 e. The number of carbonyl (C=O) groups is 1. The third-order valence-corrected chi connectivity index (χ3v) is 0.166. The first-order valence-electron chi connectivity index (χ1n) is 1.14. The van der Waals surface area contributed by atoms with Crippen LogP contribution < -0.4 is 0 Å². The first kappa shape index (κ1) is 9.48. The van der Waals surface area contributed by atoms with Gasteiger partial charge in [-0.3, -0.25) is 4.79 Å². The van der Waals surface area contributed by atoms with Gasteiger partial charge in [0.1, 0.15) is 0 Å². The number of carbonyl (C=O) groups excluding carboxylic acids is 1. The van der Waals surface area contributed by atoms with Crippen molar-refractivity contribution < 1.29 is 28.9 Å². The van der Waals surface area contributed by atoms with Crippen molar-refractivity contribution in [1.29, 1.82) is 0 Å². The molecule has 0 heterocycles. The van der Waals surface area contributed by atoms with E-state index in [1.807, 2.05) is 0 Å². The zero-order valence-electron chi connectivity index (χ0n) is 3.60. The summed E-state index contributed by atoms with van der Waals surface area (Å²) in [5, 5.41) is 0. The molecule has 0 aliphatic heterocycles. The van der Waals surface area contributed by atoms with Crippen molar-refractivity contribution in [3.63, 3.8) is 0 Å². The van der Waals surface area contributed by atoms with E-state index in [-0.39, 0.29) is 19.5 Å². The summed E-state index contributed by atoms with van der Waals surface area (Å²) in [6.07, 6.45) is 0. The first-order chi connectivity index (χ1) is 2.27. The van der Waals surface area contributed by atoms with Crippen molar-refractivity contribution in [3.05, 3.63) is 0 Å². The second kappa shape index (κ2) is 5.16. The molecule has 0 unspecified atom stereocenters. The molecule has 0 N–H and O–H groups in total. The molecule has 0 aliphatic rings. The molecule has 0 fully saturated rings. The van der Waals surface area contributed by atoms with Crippen LogP contribution in [-0.4, -0.2) is 14.0 Å². The van der Waals surface area contributed by atoms with Gasteiger partial charge in [0.25, 0.3) is 5.97 Å². The minimum atomic E-state index is -0.468. The molecule has 0 atom stereocenters. The average molecular weight is 135 g/mol. The van der Waals surface area contributed by atoms with E-state index >= 15 is 0 Å². The van der Waals surface area contributed by atoms with Crippen LogP contribution in [-0.2, 0) is 28.9 Å². The monoisotopic (exact) mass is 134 g/mol. The normalized spacial score (nSPS) is 5.50. The van der Waals surface area contributed by atoms with Crippen LogP contribution in [0.4, 0.5) is 0 Å². The van der Waals surface area contributed by atoms with Gasteiger partial charge in [0.05, 0.1) is 0 Å². The van der Waals surface area contributed by atoms with Crippen LogP contribution in [0.25, 0.3) is 0 Å². The maximum Gasteiger partial charge on any atom is 0.378 e. The molecule has 0 bridgehead atoms. The second-order valence-corrected chi connectivity index (χ2v) is 0.609. The van der Waals surface area contributed by atoms with E-state index in [1.54, 1.807) is 0 Å². The van der Waals surface area contributed by atoms with Gasteiger partial charge in [0.2, 0.25) is 0 Å². The standard InChI is InChI=1S/C2H3BO2.Zn/c1-2(4)5-3;/h1H3;. The van der Waals surface area contributed by atoms with Crippen LogP contribution in [0, 0.1) is 0 Å². The van der Waals surface area contributed by atoms with Gasteiger partial charge in [-0.1, -0.05) is 0 Å². The van der Waals surface area contributed by atoms with Crippen molar-refractivity contribution in [2.24, 2.45) is 0 Å². The Balaban J connectivity index is 0. The third-order valence-electron chi connectivity index (χ3n) is 0.166. The largest absolute Gasteiger partial charge is 0.544 e. The Labute approximate surface area is 50.4 Å². The number of rotatable bonds is 0.